The van der Waals surface area contributed by atoms with Crippen molar-refractivity contribution in [1.29, 1.82) is 0 Å². The average Bonchev–Trinajstić information content (AvgIpc) is 3.05. The van der Waals surface area contributed by atoms with Crippen LogP contribution >= 0.6 is 0 Å². The van der Waals surface area contributed by atoms with Gasteiger partial charge >= 0.3 is 0 Å². The summed E-state index contributed by atoms with van der Waals surface area (Å²) in [7, 11) is 0. The van der Waals surface area contributed by atoms with Crippen LogP contribution in [0.4, 0.5) is 4.39 Å². The number of carbonyl (C=O) groups is 1. The first kappa shape index (κ1) is 15.1. The Bertz CT molecular complexity index is 831. The Labute approximate surface area is 139 Å². The van der Waals surface area contributed by atoms with Gasteiger partial charge in [0.2, 0.25) is 0 Å². The predicted octanol–water partition coefficient (Wildman–Crippen LogP) is 2.93. The number of hydrogen-bond donors (Lipinski definition) is 0. The molecule has 2 aliphatic heterocycles. The van der Waals surface area contributed by atoms with Crippen LogP contribution < -0.4 is 0 Å². The van der Waals surface area contributed by atoms with E-state index in [4.69, 9.17) is 0 Å². The minimum absolute atomic E-state index is 0.0671. The smallest absolute Gasteiger partial charge is 0.255 e. The molecule has 6 heteroatoms. The summed E-state index contributed by atoms with van der Waals surface area (Å²) >= 11 is 0. The Hall–Kier alpha value is -2.50. The van der Waals surface area contributed by atoms with E-state index >= 15 is 0 Å². The lowest BCUT2D eigenvalue weighted by atomic mass is 10.1. The van der Waals surface area contributed by atoms with E-state index in [1.807, 2.05) is 29.1 Å². The fourth-order valence-electron chi connectivity index (χ4n) is 3.24. The van der Waals surface area contributed by atoms with Crippen molar-refractivity contribution >= 4 is 28.9 Å². The van der Waals surface area contributed by atoms with Crippen LogP contribution in [0.2, 0.25) is 0 Å². The zero-order valence-corrected chi connectivity index (χ0v) is 13.4. The largest absolute Gasteiger partial charge is 0.338 e. The zero-order valence-electron chi connectivity index (χ0n) is 13.4. The first-order valence-corrected chi connectivity index (χ1v) is 8.33. The molecular weight excluding hydrogens is 307 g/mol. The Morgan fingerprint density at radius 2 is 2.12 bits per heavy atom. The third-order valence-corrected chi connectivity index (χ3v) is 4.60. The van der Waals surface area contributed by atoms with Crippen molar-refractivity contribution in [1.82, 2.24) is 14.5 Å². The molecule has 1 saturated heterocycles. The second kappa shape index (κ2) is 6.19. The van der Waals surface area contributed by atoms with E-state index < -0.39 is 6.17 Å². The molecule has 0 N–H and O–H groups in total. The van der Waals surface area contributed by atoms with Gasteiger partial charge in [-0.3, -0.25) is 9.79 Å². The molecule has 0 aromatic carbocycles. The van der Waals surface area contributed by atoms with Crippen LogP contribution in [-0.4, -0.2) is 52.4 Å². The molecule has 124 valence electrons. The number of halogens is 1. The van der Waals surface area contributed by atoms with E-state index in [0.29, 0.717) is 31.5 Å². The second-order valence-corrected chi connectivity index (χ2v) is 6.24. The summed E-state index contributed by atoms with van der Waals surface area (Å²) in [5, 5.41) is 0.918. The molecule has 0 spiro atoms. The van der Waals surface area contributed by atoms with Crippen molar-refractivity contribution in [3.05, 3.63) is 36.2 Å². The van der Waals surface area contributed by atoms with E-state index in [-0.39, 0.29) is 5.91 Å². The van der Waals surface area contributed by atoms with E-state index in [1.54, 1.807) is 11.1 Å². The van der Waals surface area contributed by atoms with Gasteiger partial charge in [-0.2, -0.15) is 0 Å². The summed E-state index contributed by atoms with van der Waals surface area (Å²) < 4.78 is 15.2. The molecule has 5 nitrogen and oxygen atoms in total. The van der Waals surface area contributed by atoms with Gasteiger partial charge in [0.15, 0.2) is 0 Å². The minimum Gasteiger partial charge on any atom is -0.338 e. The molecule has 0 unspecified atom stereocenters. The molecule has 0 saturated carbocycles. The number of alkyl halides is 1. The number of fused-ring (bicyclic) bond motifs is 1. The lowest BCUT2D eigenvalue weighted by Crippen LogP contribution is -2.39. The summed E-state index contributed by atoms with van der Waals surface area (Å²) in [5.41, 5.74) is 2.38. The average molecular weight is 326 g/mol. The number of rotatable bonds is 2. The van der Waals surface area contributed by atoms with Crippen LogP contribution in [0, 0.1) is 0 Å². The van der Waals surface area contributed by atoms with Gasteiger partial charge in [-0.25, -0.2) is 9.37 Å². The van der Waals surface area contributed by atoms with Gasteiger partial charge in [0, 0.05) is 43.6 Å². The van der Waals surface area contributed by atoms with Crippen LogP contribution in [0.15, 0.2) is 35.6 Å². The van der Waals surface area contributed by atoms with Gasteiger partial charge in [-0.15, -0.1) is 0 Å². The molecule has 0 bridgehead atoms. The zero-order chi connectivity index (χ0) is 16.5. The van der Waals surface area contributed by atoms with E-state index in [2.05, 4.69) is 16.1 Å². The molecule has 0 aliphatic carbocycles. The summed E-state index contributed by atoms with van der Waals surface area (Å²) in [4.78, 5) is 23.1. The summed E-state index contributed by atoms with van der Waals surface area (Å²) in [6.45, 7) is 1.77. The molecule has 4 rings (SSSR count). The summed E-state index contributed by atoms with van der Waals surface area (Å²) in [6.07, 6.45) is 8.53. The molecule has 0 radical (unpaired) electrons. The highest BCUT2D eigenvalue weighted by molar-refractivity contribution is 6.05. The van der Waals surface area contributed by atoms with Gasteiger partial charge in [0.1, 0.15) is 11.8 Å². The van der Waals surface area contributed by atoms with Gasteiger partial charge in [-0.1, -0.05) is 6.08 Å². The third kappa shape index (κ3) is 2.72. The fraction of sp³-hybridized carbons (Fsp3) is 0.389. The summed E-state index contributed by atoms with van der Waals surface area (Å²) in [5.74, 6) is -0.0671. The van der Waals surface area contributed by atoms with Crippen molar-refractivity contribution in [3.8, 4) is 0 Å². The third-order valence-electron chi connectivity index (χ3n) is 4.60. The molecule has 2 aliphatic rings. The molecule has 2 aromatic heterocycles. The number of aliphatic imine (C=N–C) groups is 1. The fourth-order valence-corrected chi connectivity index (χ4v) is 3.24. The molecule has 0 atom stereocenters. The Morgan fingerprint density at radius 3 is 2.88 bits per heavy atom. The number of hydrogen-bond acceptors (Lipinski definition) is 3. The number of piperidine rings is 1. The van der Waals surface area contributed by atoms with Crippen LogP contribution in [0.1, 0.15) is 29.6 Å². The van der Waals surface area contributed by atoms with Crippen LogP contribution in [0.25, 0.3) is 16.7 Å². The van der Waals surface area contributed by atoms with Gasteiger partial charge < -0.3 is 9.47 Å². The first-order valence-electron chi connectivity index (χ1n) is 8.33. The summed E-state index contributed by atoms with van der Waals surface area (Å²) in [6, 6.07) is 3.82. The molecule has 1 fully saturated rings. The molecule has 1 amide bonds. The lowest BCUT2D eigenvalue weighted by molar-refractivity contribution is 0.0667. The Balaban J connectivity index is 1.61. The van der Waals surface area contributed by atoms with Crippen LogP contribution in [0.3, 0.4) is 0 Å². The first-order chi connectivity index (χ1) is 11.7. The highest BCUT2D eigenvalue weighted by atomic mass is 19.1. The monoisotopic (exact) mass is 326 g/mol. The number of pyridine rings is 1. The minimum atomic E-state index is -0.783. The van der Waals surface area contributed by atoms with Gasteiger partial charge in [-0.05, 0) is 31.4 Å². The quantitative estimate of drug-likeness (QED) is 0.852. The van der Waals surface area contributed by atoms with Crippen molar-refractivity contribution in [2.45, 2.75) is 25.4 Å². The van der Waals surface area contributed by atoms with E-state index in [9.17, 15) is 9.18 Å². The number of carbonyl (C=O) groups excluding carboxylic acids is 1. The maximum Gasteiger partial charge on any atom is 0.255 e. The second-order valence-electron chi connectivity index (χ2n) is 6.24. The SMILES string of the molecule is O=C(c1cnc2c(ccn2C2=CCCN=C2)c1)N1CCC(F)CC1. The van der Waals surface area contributed by atoms with E-state index in [0.717, 1.165) is 29.7 Å². The molecular formula is C18H19FN4O. The lowest BCUT2D eigenvalue weighted by Gasteiger charge is -2.28. The molecule has 2 aromatic rings. The Morgan fingerprint density at radius 1 is 1.29 bits per heavy atom. The number of nitrogens with zero attached hydrogens (tertiary/aromatic N) is 4. The van der Waals surface area contributed by atoms with Crippen molar-refractivity contribution in [3.63, 3.8) is 0 Å². The van der Waals surface area contributed by atoms with Gasteiger partial charge in [0.25, 0.3) is 5.91 Å². The van der Waals surface area contributed by atoms with Crippen molar-refractivity contribution < 1.29 is 9.18 Å². The predicted molar refractivity (Wildman–Crippen MR) is 92.0 cm³/mol. The number of amides is 1. The number of allylic oxidation sites excluding steroid dienone is 1. The van der Waals surface area contributed by atoms with E-state index in [1.165, 1.54) is 0 Å². The van der Waals surface area contributed by atoms with Gasteiger partial charge in [0.05, 0.1) is 11.3 Å². The standard InChI is InChI=1S/C18H19FN4O/c19-15-4-7-22(8-5-15)18(24)14-10-13-3-9-23(17(13)21-11-14)16-2-1-6-20-12-16/h2-3,9-12,15H,1,4-8H2. The van der Waals surface area contributed by atoms with Crippen LogP contribution in [-0.2, 0) is 0 Å². The van der Waals surface area contributed by atoms with Crippen molar-refractivity contribution in [2.24, 2.45) is 4.99 Å². The molecule has 24 heavy (non-hydrogen) atoms. The normalized spacial score (nSPS) is 18.9. The number of likely N-dealkylation sites (tertiary alicyclic amines) is 1. The Kier molecular flexibility index (Phi) is 3.88. The highest BCUT2D eigenvalue weighted by Crippen LogP contribution is 2.21. The maximum absolute atomic E-state index is 13.2. The maximum atomic E-state index is 13.2. The van der Waals surface area contributed by atoms with Crippen LogP contribution in [0.5, 0.6) is 0 Å². The number of dihydropyridines is 1. The number of aromatic nitrogens is 2. The topological polar surface area (TPSA) is 50.5 Å². The van der Waals surface area contributed by atoms with Crippen molar-refractivity contribution in [2.75, 3.05) is 19.6 Å². The highest BCUT2D eigenvalue weighted by Gasteiger charge is 2.23. The molecule has 4 heterocycles.